The van der Waals surface area contributed by atoms with Gasteiger partial charge >= 0.3 is 0 Å². The number of allylic oxidation sites excluding steroid dienone is 2. The van der Waals surface area contributed by atoms with E-state index in [2.05, 4.69) is 89.2 Å². The molecule has 0 bridgehead atoms. The number of rotatable bonds is 12. The molecule has 0 aliphatic carbocycles. The van der Waals surface area contributed by atoms with Gasteiger partial charge < -0.3 is 4.90 Å². The molecule has 6 aromatic rings. The maximum Gasteiger partial charge on any atom is 0.295 e. The van der Waals surface area contributed by atoms with Gasteiger partial charge in [-0.2, -0.15) is 21.4 Å². The zero-order chi connectivity index (χ0) is 38.0. The first-order valence-electron chi connectivity index (χ1n) is 17.5. The fourth-order valence-electron chi connectivity index (χ4n) is 6.51. The molecule has 0 saturated heterocycles. The molecule has 12 heteroatoms. The SMILES string of the molecule is CCC(=C/c1sc2ccc(-c3ccccc3)cc2[n+]1Cc1ccccc1S(=O)(=O)O)/C=C1/Sc2ccc(-c3ccccc3)cc2N1CCC(C)S(=O)(=O)O. The normalized spacial score (nSPS) is 14.9. The molecular weight excluding hydrogens is 757 g/mol. The first-order chi connectivity index (χ1) is 25.9. The van der Waals surface area contributed by atoms with Gasteiger partial charge in [0, 0.05) is 29.1 Å². The van der Waals surface area contributed by atoms with E-state index in [0.717, 1.165) is 58.7 Å². The van der Waals surface area contributed by atoms with Crippen LogP contribution in [0.5, 0.6) is 0 Å². The Morgan fingerprint density at radius 2 is 1.43 bits per heavy atom. The molecular formula is C42H39N2O6S4+. The fraction of sp³-hybridized carbons (Fsp3) is 0.167. The second-order valence-corrected chi connectivity index (χ2v) is 18.5. The summed E-state index contributed by atoms with van der Waals surface area (Å²) in [4.78, 5) is 3.04. The van der Waals surface area contributed by atoms with Crippen molar-refractivity contribution in [2.24, 2.45) is 0 Å². The van der Waals surface area contributed by atoms with Gasteiger partial charge in [-0.1, -0.05) is 121 Å². The Balaban J connectivity index is 1.33. The number of aromatic nitrogens is 1. The molecule has 1 aromatic heterocycles. The number of anilines is 1. The number of fused-ring (bicyclic) bond motifs is 2. The average molecular weight is 796 g/mol. The highest BCUT2D eigenvalue weighted by Gasteiger charge is 2.29. The third kappa shape index (κ3) is 8.24. The summed E-state index contributed by atoms with van der Waals surface area (Å²) >= 11 is 3.21. The van der Waals surface area contributed by atoms with Gasteiger partial charge in [0.05, 0.1) is 16.0 Å². The average Bonchev–Trinajstić information content (AvgIpc) is 3.69. The third-order valence-corrected chi connectivity index (χ3v) is 14.0. The van der Waals surface area contributed by atoms with Gasteiger partial charge in [0.15, 0.2) is 6.54 Å². The van der Waals surface area contributed by atoms with Crippen molar-refractivity contribution in [1.82, 2.24) is 0 Å². The summed E-state index contributed by atoms with van der Waals surface area (Å²) in [6, 6.07) is 39.2. The van der Waals surface area contributed by atoms with E-state index in [9.17, 15) is 25.9 Å². The molecule has 1 aliphatic heterocycles. The zero-order valence-corrected chi connectivity index (χ0v) is 32.9. The van der Waals surface area contributed by atoms with Gasteiger partial charge in [-0.15, -0.1) is 0 Å². The lowest BCUT2D eigenvalue weighted by Crippen LogP contribution is -2.36. The Kier molecular flexibility index (Phi) is 10.9. The molecule has 8 nitrogen and oxygen atoms in total. The highest BCUT2D eigenvalue weighted by molar-refractivity contribution is 8.03. The number of benzene rings is 5. The molecule has 1 unspecified atom stereocenters. The number of thioether (sulfide) groups is 1. The quantitative estimate of drug-likeness (QED) is 0.0930. The van der Waals surface area contributed by atoms with Crippen LogP contribution in [0, 0.1) is 0 Å². The Labute approximate surface area is 324 Å². The highest BCUT2D eigenvalue weighted by atomic mass is 32.2. The van der Waals surface area contributed by atoms with E-state index in [1.165, 1.54) is 13.0 Å². The Hall–Kier alpha value is -4.56. The van der Waals surface area contributed by atoms with Gasteiger partial charge in [0.25, 0.3) is 25.2 Å². The van der Waals surface area contributed by atoms with E-state index in [1.807, 2.05) is 36.4 Å². The number of hydrogen-bond acceptors (Lipinski definition) is 7. The van der Waals surface area contributed by atoms with Crippen molar-refractivity contribution in [1.29, 1.82) is 0 Å². The second-order valence-electron chi connectivity index (χ2n) is 13.1. The standard InChI is InChI=1S/C42H38N2O6S4/c1-3-30(24-41-43(23-22-29(2)53(45,46)47)36-26-33(18-20-38(36)51-41)31-12-6-4-7-13-31)25-42-44(28-35-16-10-11-17-40(35)54(48,49)50)37-27-34(19-21-39(37)52-42)32-14-8-5-9-15-32/h4-21,24-27,29H,3,22-23,28H2,1-2H3,(H-,45,46,47,48,49,50)/p+1. The molecule has 5 aromatic carbocycles. The van der Waals surface area contributed by atoms with Crippen molar-refractivity contribution < 1.29 is 30.5 Å². The molecule has 2 heterocycles. The van der Waals surface area contributed by atoms with Crippen LogP contribution in [0.25, 0.3) is 38.5 Å². The van der Waals surface area contributed by atoms with Crippen LogP contribution in [-0.2, 0) is 26.8 Å². The van der Waals surface area contributed by atoms with Crippen LogP contribution in [0.4, 0.5) is 5.69 Å². The van der Waals surface area contributed by atoms with Gasteiger partial charge in [0.1, 0.15) is 9.60 Å². The number of nitrogens with zero attached hydrogens (tertiary/aromatic N) is 2. The predicted octanol–water partition coefficient (Wildman–Crippen LogP) is 9.73. The fourth-order valence-corrected chi connectivity index (χ4v) is 9.89. The highest BCUT2D eigenvalue weighted by Crippen LogP contribution is 2.48. The minimum absolute atomic E-state index is 0.131. The lowest BCUT2D eigenvalue weighted by Gasteiger charge is -2.22. The summed E-state index contributed by atoms with van der Waals surface area (Å²) in [5.74, 6) is 0. The first kappa shape index (κ1) is 37.7. The van der Waals surface area contributed by atoms with E-state index < -0.39 is 25.5 Å². The molecule has 0 spiro atoms. The lowest BCUT2D eigenvalue weighted by atomic mass is 10.0. The van der Waals surface area contributed by atoms with Crippen LogP contribution in [0.15, 0.2) is 148 Å². The van der Waals surface area contributed by atoms with E-state index >= 15 is 0 Å². The van der Waals surface area contributed by atoms with E-state index in [-0.39, 0.29) is 17.9 Å². The monoisotopic (exact) mass is 795 g/mol. The van der Waals surface area contributed by atoms with Crippen molar-refractivity contribution in [3.8, 4) is 22.3 Å². The molecule has 0 amide bonds. The summed E-state index contributed by atoms with van der Waals surface area (Å²) < 4.78 is 71.9. The van der Waals surface area contributed by atoms with E-state index in [4.69, 9.17) is 0 Å². The molecule has 0 radical (unpaired) electrons. The summed E-state index contributed by atoms with van der Waals surface area (Å²) in [7, 11) is -8.67. The molecule has 0 saturated carbocycles. The second kappa shape index (κ2) is 15.7. The zero-order valence-electron chi connectivity index (χ0n) is 29.7. The van der Waals surface area contributed by atoms with Crippen LogP contribution in [0.2, 0.25) is 0 Å². The summed E-state index contributed by atoms with van der Waals surface area (Å²) in [5.41, 5.74) is 7.57. The largest absolute Gasteiger partial charge is 0.335 e. The van der Waals surface area contributed by atoms with Gasteiger partial charge in [-0.25, -0.2) is 0 Å². The minimum atomic E-state index is -4.47. The Bertz CT molecular complexity index is 2620. The molecule has 1 aliphatic rings. The topological polar surface area (TPSA) is 116 Å². The molecule has 1 atom stereocenters. The van der Waals surface area contributed by atoms with Crippen LogP contribution >= 0.6 is 23.1 Å². The van der Waals surface area contributed by atoms with Crippen LogP contribution < -0.4 is 9.47 Å². The van der Waals surface area contributed by atoms with E-state index in [1.54, 1.807) is 41.3 Å². The van der Waals surface area contributed by atoms with Crippen molar-refractivity contribution in [2.75, 3.05) is 11.4 Å². The number of hydrogen-bond donors (Lipinski definition) is 2. The Morgan fingerprint density at radius 1 is 0.796 bits per heavy atom. The van der Waals surface area contributed by atoms with Crippen molar-refractivity contribution in [3.63, 3.8) is 0 Å². The lowest BCUT2D eigenvalue weighted by molar-refractivity contribution is -0.660. The van der Waals surface area contributed by atoms with E-state index in [0.29, 0.717) is 18.5 Å². The predicted molar refractivity (Wildman–Crippen MR) is 220 cm³/mol. The summed E-state index contributed by atoms with van der Waals surface area (Å²) in [5, 5.41) is 0.893. The molecule has 7 rings (SSSR count). The third-order valence-electron chi connectivity index (χ3n) is 9.55. The summed E-state index contributed by atoms with van der Waals surface area (Å²) in [6.45, 7) is 4.17. The van der Waals surface area contributed by atoms with Gasteiger partial charge in [-0.3, -0.25) is 9.11 Å². The minimum Gasteiger partial charge on any atom is -0.335 e. The maximum atomic E-state index is 12.4. The van der Waals surface area contributed by atoms with Crippen molar-refractivity contribution in [2.45, 2.75) is 48.3 Å². The number of thiazole rings is 1. The van der Waals surface area contributed by atoms with Crippen molar-refractivity contribution >= 4 is 65.3 Å². The smallest absolute Gasteiger partial charge is 0.295 e. The van der Waals surface area contributed by atoms with Gasteiger partial charge in [0.2, 0.25) is 5.52 Å². The molecule has 0 fully saturated rings. The molecule has 54 heavy (non-hydrogen) atoms. The summed E-state index contributed by atoms with van der Waals surface area (Å²) in [6.07, 6.45) is 5.15. The van der Waals surface area contributed by atoms with Crippen molar-refractivity contribution in [3.05, 3.63) is 149 Å². The first-order valence-corrected chi connectivity index (χ1v) is 22.1. The molecule has 276 valence electrons. The maximum absolute atomic E-state index is 12.4. The van der Waals surface area contributed by atoms with Gasteiger partial charge in [-0.05, 0) is 77.9 Å². The van der Waals surface area contributed by atoms with Crippen LogP contribution in [0.3, 0.4) is 0 Å². The van der Waals surface area contributed by atoms with Crippen LogP contribution in [-0.4, -0.2) is 37.7 Å². The molecule has 2 N–H and O–H groups in total. The van der Waals surface area contributed by atoms with Crippen LogP contribution in [0.1, 0.15) is 37.3 Å². The Morgan fingerprint density at radius 3 is 2.07 bits per heavy atom.